The van der Waals surface area contributed by atoms with Crippen molar-refractivity contribution in [3.63, 3.8) is 0 Å². The van der Waals surface area contributed by atoms with Gasteiger partial charge in [0.1, 0.15) is 11.6 Å². The molecular formula is C23H25N3O4. The molecule has 4 rings (SSSR count). The minimum Gasteiger partial charge on any atom is -0.497 e. The summed E-state index contributed by atoms with van der Waals surface area (Å²) in [7, 11) is 1.65. The van der Waals surface area contributed by atoms with Gasteiger partial charge in [0.2, 0.25) is 0 Å². The van der Waals surface area contributed by atoms with Gasteiger partial charge >= 0.3 is 0 Å². The number of methoxy groups -OCH3 is 1. The first-order valence-electron chi connectivity index (χ1n) is 10.1. The predicted octanol–water partition coefficient (Wildman–Crippen LogP) is 3.75. The number of benzene rings is 2. The van der Waals surface area contributed by atoms with Crippen molar-refractivity contribution in [2.45, 2.75) is 32.0 Å². The van der Waals surface area contributed by atoms with Crippen LogP contribution in [0.5, 0.6) is 5.75 Å². The van der Waals surface area contributed by atoms with Gasteiger partial charge in [0.05, 0.1) is 18.1 Å². The summed E-state index contributed by atoms with van der Waals surface area (Å²) < 4.78 is 10.7. The van der Waals surface area contributed by atoms with E-state index < -0.39 is 0 Å². The summed E-state index contributed by atoms with van der Waals surface area (Å²) in [6, 6.07) is 13.8. The number of nitrogens with one attached hydrogen (secondary N) is 2. The van der Waals surface area contributed by atoms with Crippen molar-refractivity contribution in [3.05, 3.63) is 65.5 Å². The molecule has 7 nitrogen and oxygen atoms in total. The fourth-order valence-electron chi connectivity index (χ4n) is 3.33. The van der Waals surface area contributed by atoms with E-state index in [1.807, 2.05) is 42.5 Å². The second-order valence-electron chi connectivity index (χ2n) is 7.20. The zero-order valence-corrected chi connectivity index (χ0v) is 16.9. The Morgan fingerprint density at radius 2 is 2.13 bits per heavy atom. The molecular weight excluding hydrogens is 382 g/mol. The molecule has 30 heavy (non-hydrogen) atoms. The molecule has 1 aliphatic heterocycles. The van der Waals surface area contributed by atoms with Crippen LogP contribution in [0.25, 0.3) is 17.1 Å². The summed E-state index contributed by atoms with van der Waals surface area (Å²) in [5, 5.41) is 0. The quantitative estimate of drug-likeness (QED) is 0.460. The SMILES string of the molecule is COc1ccc2nc(Cc3ccc(/C=C/C(=O)NOC4CCCCO4)cc3)[nH]c2c1. The van der Waals surface area contributed by atoms with Crippen LogP contribution >= 0.6 is 0 Å². The Bertz CT molecular complexity index is 1020. The van der Waals surface area contributed by atoms with E-state index >= 15 is 0 Å². The number of carbonyl (C=O) groups excluding carboxylic acids is 1. The van der Waals surface area contributed by atoms with E-state index in [1.165, 1.54) is 6.08 Å². The first-order valence-corrected chi connectivity index (χ1v) is 10.1. The van der Waals surface area contributed by atoms with Crippen molar-refractivity contribution in [3.8, 4) is 5.75 Å². The standard InChI is InChI=1S/C23H25N3O4/c1-28-18-10-11-19-20(15-18)25-21(24-19)14-17-7-5-16(6-8-17)9-12-22(27)26-30-23-4-2-3-13-29-23/h5-12,15,23H,2-4,13-14H2,1H3,(H,24,25)(H,26,27)/b12-9+. The highest BCUT2D eigenvalue weighted by molar-refractivity contribution is 5.90. The number of hydroxylamine groups is 1. The van der Waals surface area contributed by atoms with Crippen molar-refractivity contribution in [2.24, 2.45) is 0 Å². The number of carbonyl (C=O) groups is 1. The van der Waals surface area contributed by atoms with E-state index in [0.29, 0.717) is 13.0 Å². The van der Waals surface area contributed by atoms with Crippen LogP contribution in [0.4, 0.5) is 0 Å². The van der Waals surface area contributed by atoms with E-state index in [1.54, 1.807) is 13.2 Å². The molecule has 2 aromatic carbocycles. The van der Waals surface area contributed by atoms with Crippen molar-refractivity contribution in [1.29, 1.82) is 0 Å². The van der Waals surface area contributed by atoms with Gasteiger partial charge in [0.25, 0.3) is 5.91 Å². The van der Waals surface area contributed by atoms with Crippen LogP contribution in [0.1, 0.15) is 36.2 Å². The topological polar surface area (TPSA) is 85.5 Å². The average Bonchev–Trinajstić information content (AvgIpc) is 3.19. The number of fused-ring (bicyclic) bond motifs is 1. The first-order chi connectivity index (χ1) is 14.7. The van der Waals surface area contributed by atoms with Gasteiger partial charge in [0.15, 0.2) is 6.29 Å². The zero-order valence-electron chi connectivity index (χ0n) is 16.9. The summed E-state index contributed by atoms with van der Waals surface area (Å²) in [6.07, 6.45) is 6.41. The van der Waals surface area contributed by atoms with E-state index in [9.17, 15) is 4.79 Å². The normalized spacial score (nSPS) is 16.8. The van der Waals surface area contributed by atoms with Gasteiger partial charge in [-0.25, -0.2) is 15.3 Å². The maximum absolute atomic E-state index is 11.9. The lowest BCUT2D eigenvalue weighted by molar-refractivity contribution is -0.198. The molecule has 7 heteroatoms. The van der Waals surface area contributed by atoms with Crippen molar-refractivity contribution >= 4 is 23.0 Å². The second-order valence-corrected chi connectivity index (χ2v) is 7.20. The lowest BCUT2D eigenvalue weighted by Gasteiger charge is -2.21. The Hall–Kier alpha value is -3.16. The molecule has 2 heterocycles. The third-order valence-electron chi connectivity index (χ3n) is 4.95. The molecule has 0 bridgehead atoms. The lowest BCUT2D eigenvalue weighted by Crippen LogP contribution is -2.32. The predicted molar refractivity (Wildman–Crippen MR) is 114 cm³/mol. The van der Waals surface area contributed by atoms with E-state index in [2.05, 4.69) is 15.4 Å². The van der Waals surface area contributed by atoms with Gasteiger partial charge in [0, 0.05) is 31.6 Å². The summed E-state index contributed by atoms with van der Waals surface area (Å²) >= 11 is 0. The summed E-state index contributed by atoms with van der Waals surface area (Å²) in [5.41, 5.74) is 6.34. The van der Waals surface area contributed by atoms with Crippen LogP contribution in [-0.2, 0) is 20.8 Å². The van der Waals surface area contributed by atoms with Gasteiger partial charge in [-0.05, 0) is 42.2 Å². The van der Waals surface area contributed by atoms with Gasteiger partial charge in [-0.15, -0.1) is 0 Å². The smallest absolute Gasteiger partial charge is 0.267 e. The van der Waals surface area contributed by atoms with E-state index in [4.69, 9.17) is 14.3 Å². The van der Waals surface area contributed by atoms with Gasteiger partial charge in [-0.2, -0.15) is 0 Å². The van der Waals surface area contributed by atoms with Crippen LogP contribution in [0.3, 0.4) is 0 Å². The Labute approximate surface area is 175 Å². The monoisotopic (exact) mass is 407 g/mol. The minimum atomic E-state index is -0.352. The molecule has 0 spiro atoms. The number of hydrogen-bond donors (Lipinski definition) is 2. The number of ether oxygens (including phenoxy) is 2. The number of imidazole rings is 1. The van der Waals surface area contributed by atoms with Gasteiger partial charge in [-0.1, -0.05) is 24.3 Å². The highest BCUT2D eigenvalue weighted by Crippen LogP contribution is 2.20. The third-order valence-corrected chi connectivity index (χ3v) is 4.95. The summed E-state index contributed by atoms with van der Waals surface area (Å²) in [4.78, 5) is 25.1. The van der Waals surface area contributed by atoms with Crippen LogP contribution < -0.4 is 10.2 Å². The molecule has 3 aromatic rings. The maximum Gasteiger partial charge on any atom is 0.267 e. The molecule has 1 unspecified atom stereocenters. The fraction of sp³-hybridized carbons (Fsp3) is 0.304. The van der Waals surface area contributed by atoms with Crippen LogP contribution in [0.2, 0.25) is 0 Å². The molecule has 0 saturated carbocycles. The molecule has 1 aromatic heterocycles. The third kappa shape index (κ3) is 5.25. The number of hydrogen-bond acceptors (Lipinski definition) is 5. The van der Waals surface area contributed by atoms with Crippen molar-refractivity contribution in [2.75, 3.05) is 13.7 Å². The Morgan fingerprint density at radius 1 is 1.27 bits per heavy atom. The number of aromatic amines is 1. The molecule has 1 aliphatic rings. The van der Waals surface area contributed by atoms with Crippen molar-refractivity contribution in [1.82, 2.24) is 15.4 Å². The largest absolute Gasteiger partial charge is 0.497 e. The first kappa shape index (κ1) is 20.1. The summed E-state index contributed by atoms with van der Waals surface area (Å²) in [6.45, 7) is 0.672. The Morgan fingerprint density at radius 3 is 2.90 bits per heavy atom. The van der Waals surface area contributed by atoms with Crippen LogP contribution in [0, 0.1) is 0 Å². The number of rotatable bonds is 7. The number of H-pyrrole nitrogens is 1. The Kier molecular flexibility index (Phi) is 6.41. The lowest BCUT2D eigenvalue weighted by atomic mass is 10.1. The average molecular weight is 407 g/mol. The number of aromatic nitrogens is 2. The van der Waals surface area contributed by atoms with E-state index in [0.717, 1.165) is 53.0 Å². The number of nitrogens with zero attached hydrogens (tertiary/aromatic N) is 1. The Balaban J connectivity index is 1.31. The molecule has 0 radical (unpaired) electrons. The maximum atomic E-state index is 11.9. The molecule has 156 valence electrons. The molecule has 0 aliphatic carbocycles. The highest BCUT2D eigenvalue weighted by Gasteiger charge is 2.14. The van der Waals surface area contributed by atoms with Gasteiger partial charge in [-0.3, -0.25) is 4.79 Å². The van der Waals surface area contributed by atoms with Crippen LogP contribution in [-0.4, -0.2) is 35.9 Å². The molecule has 1 atom stereocenters. The van der Waals surface area contributed by atoms with Crippen molar-refractivity contribution < 1.29 is 19.1 Å². The fourth-order valence-corrected chi connectivity index (χ4v) is 3.33. The molecule has 2 N–H and O–H groups in total. The molecule has 1 fully saturated rings. The zero-order chi connectivity index (χ0) is 20.8. The molecule has 1 saturated heterocycles. The van der Waals surface area contributed by atoms with Crippen LogP contribution in [0.15, 0.2) is 48.5 Å². The number of amides is 1. The molecule has 1 amide bonds. The summed E-state index contributed by atoms with van der Waals surface area (Å²) in [5.74, 6) is 1.38. The van der Waals surface area contributed by atoms with E-state index in [-0.39, 0.29) is 12.2 Å². The highest BCUT2D eigenvalue weighted by atomic mass is 16.8. The van der Waals surface area contributed by atoms with Gasteiger partial charge < -0.3 is 14.5 Å². The minimum absolute atomic E-state index is 0.314. The second kappa shape index (κ2) is 9.56.